The topological polar surface area (TPSA) is 59.8 Å². The summed E-state index contributed by atoms with van der Waals surface area (Å²) in [5, 5.41) is 14.6. The first-order valence-corrected chi connectivity index (χ1v) is 7.97. The van der Waals surface area contributed by atoms with Crippen LogP contribution in [0.4, 0.5) is 0 Å². The summed E-state index contributed by atoms with van der Waals surface area (Å²) in [5.41, 5.74) is 2.34. The lowest BCUT2D eigenvalue weighted by molar-refractivity contribution is 0.112. The van der Waals surface area contributed by atoms with Gasteiger partial charge < -0.3 is 14.6 Å². The van der Waals surface area contributed by atoms with E-state index in [4.69, 9.17) is 9.47 Å². The maximum Gasteiger partial charge on any atom is 0.231 e. The van der Waals surface area contributed by atoms with Gasteiger partial charge in [0.1, 0.15) is 0 Å². The Labute approximate surface area is 135 Å². The van der Waals surface area contributed by atoms with Gasteiger partial charge in [0.05, 0.1) is 12.3 Å². The second-order valence-corrected chi connectivity index (χ2v) is 6.31. The first-order valence-electron chi connectivity index (χ1n) is 7.97. The van der Waals surface area contributed by atoms with E-state index in [9.17, 15) is 5.11 Å². The molecule has 0 radical (unpaired) electrons. The number of hydrogen-bond acceptors (Lipinski definition) is 5. The molecule has 6 heteroatoms. The van der Waals surface area contributed by atoms with Crippen LogP contribution in [0.1, 0.15) is 17.5 Å². The molecule has 1 aromatic heterocycles. The summed E-state index contributed by atoms with van der Waals surface area (Å²) >= 11 is 0. The van der Waals surface area contributed by atoms with Gasteiger partial charge in [0.15, 0.2) is 11.5 Å². The fraction of sp³-hybridized carbons (Fsp3) is 0.471. The molecule has 23 heavy (non-hydrogen) atoms. The molecule has 1 fully saturated rings. The third-order valence-corrected chi connectivity index (χ3v) is 4.65. The number of ether oxygens (including phenoxy) is 2. The van der Waals surface area contributed by atoms with Gasteiger partial charge in [-0.25, -0.2) is 0 Å². The number of hydrogen-bond donors (Lipinski definition) is 1. The van der Waals surface area contributed by atoms with Gasteiger partial charge in [-0.05, 0) is 36.1 Å². The van der Waals surface area contributed by atoms with Crippen molar-refractivity contribution in [3.63, 3.8) is 0 Å². The maximum absolute atomic E-state index is 10.3. The van der Waals surface area contributed by atoms with E-state index in [-0.39, 0.29) is 12.1 Å². The Balaban J connectivity index is 1.48. The lowest BCUT2D eigenvalue weighted by atomic mass is 10.0. The van der Waals surface area contributed by atoms with Gasteiger partial charge in [-0.15, -0.1) is 0 Å². The van der Waals surface area contributed by atoms with Crippen LogP contribution < -0.4 is 9.47 Å². The van der Waals surface area contributed by atoms with E-state index in [2.05, 4.69) is 16.1 Å². The second-order valence-electron chi connectivity index (χ2n) is 6.31. The van der Waals surface area contributed by atoms with Crippen molar-refractivity contribution in [2.75, 3.05) is 13.3 Å². The maximum atomic E-state index is 10.3. The Morgan fingerprint density at radius 3 is 2.96 bits per heavy atom. The molecule has 0 aliphatic carbocycles. The van der Waals surface area contributed by atoms with Crippen LogP contribution in [0.15, 0.2) is 30.6 Å². The summed E-state index contributed by atoms with van der Waals surface area (Å²) < 4.78 is 12.6. The molecular weight excluding hydrogens is 294 g/mol. The zero-order valence-electron chi connectivity index (χ0n) is 13.2. The molecule has 1 aromatic carbocycles. The number of aliphatic hydroxyl groups is 1. The predicted molar refractivity (Wildman–Crippen MR) is 84.3 cm³/mol. The van der Waals surface area contributed by atoms with Gasteiger partial charge >= 0.3 is 0 Å². The minimum Gasteiger partial charge on any atom is -0.454 e. The lowest BCUT2D eigenvalue weighted by Crippen LogP contribution is -2.36. The van der Waals surface area contributed by atoms with Crippen LogP contribution >= 0.6 is 0 Å². The van der Waals surface area contributed by atoms with E-state index < -0.39 is 0 Å². The summed E-state index contributed by atoms with van der Waals surface area (Å²) in [6.07, 6.45) is 5.24. The van der Waals surface area contributed by atoms with E-state index in [1.165, 1.54) is 5.56 Å². The fourth-order valence-electron chi connectivity index (χ4n) is 3.45. The molecule has 0 amide bonds. The molecule has 0 saturated carbocycles. The van der Waals surface area contributed by atoms with Crippen molar-refractivity contribution in [3.05, 3.63) is 41.7 Å². The number of aryl methyl sites for hydroxylation is 1. The number of nitrogens with zero attached hydrogens (tertiary/aromatic N) is 3. The SMILES string of the molecule is Cn1cc(C[C@H]2[C@H](O)CCN2Cc2ccc3c(c2)OCO3)cn1. The van der Waals surface area contributed by atoms with Gasteiger partial charge in [-0.1, -0.05) is 6.07 Å². The standard InChI is InChI=1S/C17H21N3O3/c1-19-9-13(8-18-19)6-14-15(21)4-5-20(14)10-12-2-3-16-17(7-12)23-11-22-16/h2-3,7-9,14-15,21H,4-6,10-11H2,1H3/t14-,15+/m0/s1. The van der Waals surface area contributed by atoms with Gasteiger partial charge in [-0.3, -0.25) is 9.58 Å². The Morgan fingerprint density at radius 2 is 2.13 bits per heavy atom. The number of aliphatic hydroxyl groups excluding tert-OH is 1. The van der Waals surface area contributed by atoms with Crippen molar-refractivity contribution >= 4 is 0 Å². The molecule has 2 aliphatic heterocycles. The van der Waals surface area contributed by atoms with Crippen LogP contribution in [0.2, 0.25) is 0 Å². The molecule has 122 valence electrons. The van der Waals surface area contributed by atoms with Crippen molar-refractivity contribution in [2.24, 2.45) is 7.05 Å². The highest BCUT2D eigenvalue weighted by Gasteiger charge is 2.33. The fourth-order valence-corrected chi connectivity index (χ4v) is 3.45. The van der Waals surface area contributed by atoms with Crippen molar-refractivity contribution in [1.29, 1.82) is 0 Å². The normalized spacial score (nSPS) is 23.6. The molecule has 0 unspecified atom stereocenters. The number of likely N-dealkylation sites (tertiary alicyclic amines) is 1. The predicted octanol–water partition coefficient (Wildman–Crippen LogP) is 1.33. The molecule has 4 rings (SSSR count). The highest BCUT2D eigenvalue weighted by Crippen LogP contribution is 2.33. The first kappa shape index (κ1) is 14.5. The second kappa shape index (κ2) is 5.86. The average molecular weight is 315 g/mol. The zero-order valence-corrected chi connectivity index (χ0v) is 13.2. The lowest BCUT2D eigenvalue weighted by Gasteiger charge is -2.26. The smallest absolute Gasteiger partial charge is 0.231 e. The minimum absolute atomic E-state index is 0.129. The van der Waals surface area contributed by atoms with Gasteiger partial charge in [-0.2, -0.15) is 5.10 Å². The van der Waals surface area contributed by atoms with E-state index in [0.29, 0.717) is 6.79 Å². The molecule has 1 saturated heterocycles. The Kier molecular flexibility index (Phi) is 3.71. The number of rotatable bonds is 4. The number of fused-ring (bicyclic) bond motifs is 1. The van der Waals surface area contributed by atoms with Crippen molar-refractivity contribution < 1.29 is 14.6 Å². The molecule has 0 bridgehead atoms. The Morgan fingerprint density at radius 1 is 1.26 bits per heavy atom. The van der Waals surface area contributed by atoms with Gasteiger partial charge in [0.25, 0.3) is 0 Å². The molecule has 3 heterocycles. The highest BCUT2D eigenvalue weighted by molar-refractivity contribution is 5.44. The van der Waals surface area contributed by atoms with Gasteiger partial charge in [0, 0.05) is 32.4 Å². The summed E-state index contributed by atoms with van der Waals surface area (Å²) in [6.45, 7) is 2.00. The highest BCUT2D eigenvalue weighted by atomic mass is 16.7. The summed E-state index contributed by atoms with van der Waals surface area (Å²) in [6, 6.07) is 6.19. The molecule has 1 N–H and O–H groups in total. The van der Waals surface area contributed by atoms with Crippen LogP contribution in [0.25, 0.3) is 0 Å². The van der Waals surface area contributed by atoms with Gasteiger partial charge in [0.2, 0.25) is 6.79 Å². The molecule has 0 spiro atoms. The van der Waals surface area contributed by atoms with Crippen LogP contribution in [-0.4, -0.2) is 45.3 Å². The number of benzene rings is 1. The Bertz CT molecular complexity index is 700. The average Bonchev–Trinajstić information content (AvgIpc) is 3.23. The van der Waals surface area contributed by atoms with Crippen molar-refractivity contribution in [2.45, 2.75) is 31.5 Å². The summed E-state index contributed by atoms with van der Waals surface area (Å²) in [7, 11) is 1.92. The molecule has 2 aliphatic rings. The van der Waals surface area contributed by atoms with E-state index in [0.717, 1.165) is 43.0 Å². The van der Waals surface area contributed by atoms with E-state index in [1.54, 1.807) is 4.68 Å². The van der Waals surface area contributed by atoms with Crippen LogP contribution in [0.3, 0.4) is 0 Å². The quantitative estimate of drug-likeness (QED) is 0.922. The van der Waals surface area contributed by atoms with Crippen molar-refractivity contribution in [1.82, 2.24) is 14.7 Å². The van der Waals surface area contributed by atoms with Crippen LogP contribution in [0.5, 0.6) is 11.5 Å². The Hall–Kier alpha value is -2.05. The molecule has 2 atom stereocenters. The first-order chi connectivity index (χ1) is 11.2. The zero-order chi connectivity index (χ0) is 15.8. The molecule has 6 nitrogen and oxygen atoms in total. The summed E-state index contributed by atoms with van der Waals surface area (Å²) in [5.74, 6) is 1.62. The molecule has 2 aromatic rings. The number of aromatic nitrogens is 2. The third kappa shape index (κ3) is 2.92. The van der Waals surface area contributed by atoms with E-state index >= 15 is 0 Å². The van der Waals surface area contributed by atoms with Crippen molar-refractivity contribution in [3.8, 4) is 11.5 Å². The monoisotopic (exact) mass is 315 g/mol. The minimum atomic E-state index is -0.288. The largest absolute Gasteiger partial charge is 0.454 e. The third-order valence-electron chi connectivity index (χ3n) is 4.65. The summed E-state index contributed by atoms with van der Waals surface area (Å²) in [4.78, 5) is 2.34. The molecular formula is C17H21N3O3. The van der Waals surface area contributed by atoms with Crippen LogP contribution in [-0.2, 0) is 20.0 Å². The van der Waals surface area contributed by atoms with E-state index in [1.807, 2.05) is 31.6 Å². The van der Waals surface area contributed by atoms with Crippen LogP contribution in [0, 0.1) is 0 Å².